The van der Waals surface area contributed by atoms with E-state index in [1.165, 1.54) is 14.0 Å². The second-order valence-corrected chi connectivity index (χ2v) is 7.74. The molecule has 33 heavy (non-hydrogen) atoms. The quantitative estimate of drug-likeness (QED) is 0.204. The monoisotopic (exact) mass is 462 g/mol. The summed E-state index contributed by atoms with van der Waals surface area (Å²) in [6, 6.07) is 2.11. The molecule has 174 valence electrons. The maximum atomic E-state index is 12.7. The molecule has 0 radical (unpaired) electrons. The molecule has 5 N–H and O–H groups in total. The van der Waals surface area contributed by atoms with Crippen LogP contribution in [0.1, 0.15) is 6.92 Å². The highest BCUT2D eigenvalue weighted by atomic mass is 16.7. The highest BCUT2D eigenvalue weighted by Crippen LogP contribution is 2.45. The van der Waals surface area contributed by atoms with Gasteiger partial charge in [0.2, 0.25) is 17.8 Å². The number of rotatable bonds is 3. The fourth-order valence-corrected chi connectivity index (χ4v) is 4.10. The van der Waals surface area contributed by atoms with Crippen LogP contribution in [0.2, 0.25) is 0 Å². The number of benzene rings is 2. The van der Waals surface area contributed by atoms with E-state index < -0.39 is 59.2 Å². The lowest BCUT2D eigenvalue weighted by atomic mass is 9.99. The Kier molecular flexibility index (Phi) is 4.65. The van der Waals surface area contributed by atoms with Gasteiger partial charge in [0.25, 0.3) is 0 Å². The van der Waals surface area contributed by atoms with E-state index in [1.807, 2.05) is 0 Å². The molecule has 0 unspecified atom stereocenters. The zero-order valence-electron chi connectivity index (χ0n) is 17.1. The zero-order chi connectivity index (χ0) is 23.8. The Morgan fingerprint density at radius 2 is 1.33 bits per heavy atom. The molecule has 0 saturated carbocycles. The molecule has 1 aliphatic rings. The Labute approximate surface area is 182 Å². The standard InChI is InChI=1S/C21H18O12/c1-5-12(24)13(25)14(26)21(30-5)33-16-9(23)4-7-11-10-6(20(28)32-18(11)16)3-8(22)15(29-2)17(10)31-19(7)27/h3-5,12-14,21-26H,1-2H3/t5-,12+,13+,14+,21-/m0/s1. The smallest absolute Gasteiger partial charge is 0.344 e. The van der Waals surface area contributed by atoms with Gasteiger partial charge in [0.05, 0.1) is 24.0 Å². The van der Waals surface area contributed by atoms with Gasteiger partial charge in [-0.25, -0.2) is 9.59 Å². The molecule has 12 heteroatoms. The van der Waals surface area contributed by atoms with Crippen LogP contribution < -0.4 is 20.7 Å². The van der Waals surface area contributed by atoms with E-state index in [4.69, 9.17) is 23.0 Å². The number of phenols is 2. The first-order chi connectivity index (χ1) is 15.6. The molecule has 5 atom stereocenters. The van der Waals surface area contributed by atoms with E-state index in [0.29, 0.717) is 0 Å². The Morgan fingerprint density at radius 1 is 0.818 bits per heavy atom. The predicted molar refractivity (Wildman–Crippen MR) is 110 cm³/mol. The van der Waals surface area contributed by atoms with Gasteiger partial charge in [-0.3, -0.25) is 0 Å². The van der Waals surface area contributed by atoms with Crippen LogP contribution in [0.3, 0.4) is 0 Å². The minimum Gasteiger partial charge on any atom is -0.504 e. The summed E-state index contributed by atoms with van der Waals surface area (Å²) in [5, 5.41) is 50.8. The number of hydrogen-bond acceptors (Lipinski definition) is 12. The first-order valence-corrected chi connectivity index (χ1v) is 9.79. The van der Waals surface area contributed by atoms with Crippen LogP contribution in [-0.4, -0.2) is 63.3 Å². The van der Waals surface area contributed by atoms with Crippen LogP contribution >= 0.6 is 0 Å². The maximum absolute atomic E-state index is 12.7. The molecule has 5 rings (SSSR count). The lowest BCUT2D eigenvalue weighted by Gasteiger charge is -2.38. The number of aliphatic hydroxyl groups is 3. The molecular formula is C21H18O12. The number of aromatic hydroxyl groups is 2. The maximum Gasteiger partial charge on any atom is 0.344 e. The topological polar surface area (TPSA) is 189 Å². The average Bonchev–Trinajstić information content (AvgIpc) is 2.77. The van der Waals surface area contributed by atoms with E-state index in [1.54, 1.807) is 0 Å². The third-order valence-corrected chi connectivity index (χ3v) is 5.76. The summed E-state index contributed by atoms with van der Waals surface area (Å²) in [5.41, 5.74) is -2.46. The van der Waals surface area contributed by atoms with Gasteiger partial charge < -0.3 is 48.6 Å². The summed E-state index contributed by atoms with van der Waals surface area (Å²) in [6.07, 6.45) is -7.24. The lowest BCUT2D eigenvalue weighted by Crippen LogP contribution is -2.58. The van der Waals surface area contributed by atoms with E-state index >= 15 is 0 Å². The fraction of sp³-hybridized carbons (Fsp3) is 0.333. The van der Waals surface area contributed by atoms with Gasteiger partial charge in [0.1, 0.15) is 18.3 Å². The second kappa shape index (κ2) is 7.22. The SMILES string of the molecule is COc1c(O)cc2c(=O)oc3c(O[C@@H]4O[C@@H](C)[C@@H](O)[C@@H](O)[C@H]4O)c(O)cc4c(=O)oc1c2c34. The largest absolute Gasteiger partial charge is 0.504 e. The predicted octanol–water partition coefficient (Wildman–Crippen LogP) is 0.116. The van der Waals surface area contributed by atoms with Crippen molar-refractivity contribution in [3.05, 3.63) is 33.0 Å². The molecular weight excluding hydrogens is 444 g/mol. The molecule has 2 aromatic heterocycles. The van der Waals surface area contributed by atoms with Crippen molar-refractivity contribution in [3.8, 4) is 23.0 Å². The second-order valence-electron chi connectivity index (χ2n) is 7.74. The Morgan fingerprint density at radius 3 is 1.88 bits per heavy atom. The normalized spacial score (nSPS) is 25.8. The van der Waals surface area contributed by atoms with Gasteiger partial charge >= 0.3 is 11.3 Å². The number of ether oxygens (including phenoxy) is 3. The molecule has 0 spiro atoms. The van der Waals surface area contributed by atoms with Crippen LogP contribution in [0.25, 0.3) is 32.7 Å². The van der Waals surface area contributed by atoms with Gasteiger partial charge in [0, 0.05) is 10.8 Å². The third-order valence-electron chi connectivity index (χ3n) is 5.76. The van der Waals surface area contributed by atoms with E-state index in [0.717, 1.165) is 12.1 Å². The molecule has 3 heterocycles. The van der Waals surface area contributed by atoms with Gasteiger partial charge in [-0.15, -0.1) is 0 Å². The molecule has 2 aromatic carbocycles. The first kappa shape index (κ1) is 21.3. The van der Waals surface area contributed by atoms with Gasteiger partial charge in [-0.05, 0) is 19.1 Å². The van der Waals surface area contributed by atoms with Crippen molar-refractivity contribution in [1.29, 1.82) is 0 Å². The summed E-state index contributed by atoms with van der Waals surface area (Å²) in [6.45, 7) is 1.43. The third kappa shape index (κ3) is 2.92. The van der Waals surface area contributed by atoms with Crippen LogP contribution in [0.5, 0.6) is 23.0 Å². The molecule has 0 aliphatic carbocycles. The first-order valence-electron chi connectivity index (χ1n) is 9.79. The van der Waals surface area contributed by atoms with Crippen LogP contribution in [0.15, 0.2) is 30.6 Å². The number of hydrogen-bond donors (Lipinski definition) is 5. The molecule has 1 fully saturated rings. The van der Waals surface area contributed by atoms with Crippen LogP contribution in [0, 0.1) is 0 Å². The highest BCUT2D eigenvalue weighted by molar-refractivity contribution is 6.22. The summed E-state index contributed by atoms with van der Waals surface area (Å²) < 4.78 is 26.7. The molecule has 1 aliphatic heterocycles. The highest BCUT2D eigenvalue weighted by Gasteiger charge is 2.44. The van der Waals surface area contributed by atoms with Crippen molar-refractivity contribution in [2.45, 2.75) is 37.6 Å². The van der Waals surface area contributed by atoms with Crippen molar-refractivity contribution in [3.63, 3.8) is 0 Å². The van der Waals surface area contributed by atoms with Crippen molar-refractivity contribution < 1.29 is 48.6 Å². The van der Waals surface area contributed by atoms with Crippen molar-refractivity contribution >= 4 is 32.7 Å². The average molecular weight is 462 g/mol. The van der Waals surface area contributed by atoms with Crippen LogP contribution in [-0.2, 0) is 4.74 Å². The molecule has 4 aromatic rings. The van der Waals surface area contributed by atoms with Crippen LogP contribution in [0.4, 0.5) is 0 Å². The van der Waals surface area contributed by atoms with Crippen molar-refractivity contribution in [2.24, 2.45) is 0 Å². The summed E-state index contributed by atoms with van der Waals surface area (Å²) in [7, 11) is 1.23. The molecule has 1 saturated heterocycles. The summed E-state index contributed by atoms with van der Waals surface area (Å²) in [5.74, 6) is -1.75. The van der Waals surface area contributed by atoms with E-state index in [9.17, 15) is 35.1 Å². The van der Waals surface area contributed by atoms with E-state index in [-0.39, 0.29) is 38.5 Å². The zero-order valence-corrected chi connectivity index (χ0v) is 17.1. The summed E-state index contributed by atoms with van der Waals surface area (Å²) >= 11 is 0. The fourth-order valence-electron chi connectivity index (χ4n) is 4.10. The molecule has 0 bridgehead atoms. The van der Waals surface area contributed by atoms with Crippen molar-refractivity contribution in [1.82, 2.24) is 0 Å². The molecule has 0 amide bonds. The number of methoxy groups -OCH3 is 1. The number of aliphatic hydroxyl groups excluding tert-OH is 3. The van der Waals surface area contributed by atoms with Crippen molar-refractivity contribution in [2.75, 3.05) is 7.11 Å². The Bertz CT molecular complexity index is 1500. The Hall–Kier alpha value is -3.58. The van der Waals surface area contributed by atoms with Gasteiger partial charge in [0.15, 0.2) is 22.7 Å². The summed E-state index contributed by atoms with van der Waals surface area (Å²) in [4.78, 5) is 25.4. The minimum atomic E-state index is -1.72. The van der Waals surface area contributed by atoms with Gasteiger partial charge in [-0.1, -0.05) is 0 Å². The number of phenolic OH excluding ortho intramolecular Hbond substituents is 2. The lowest BCUT2D eigenvalue weighted by molar-refractivity contribution is -0.268. The van der Waals surface area contributed by atoms with E-state index in [2.05, 4.69) is 0 Å². The van der Waals surface area contributed by atoms with Gasteiger partial charge in [-0.2, -0.15) is 0 Å². The Balaban J connectivity index is 1.82. The molecule has 12 nitrogen and oxygen atoms in total. The minimum absolute atomic E-state index is 0.0286.